The fourth-order valence-electron chi connectivity index (χ4n) is 3.32. The molecule has 0 saturated carbocycles. The number of hydrogen-bond acceptors (Lipinski definition) is 7. The maximum Gasteiger partial charge on any atom is 0.410 e. The van der Waals surface area contributed by atoms with Gasteiger partial charge in [0.05, 0.1) is 31.6 Å². The molecular formula is C20H30N4O5. The Morgan fingerprint density at radius 1 is 1.24 bits per heavy atom. The summed E-state index contributed by atoms with van der Waals surface area (Å²) < 4.78 is 16.2. The molecule has 9 heteroatoms. The van der Waals surface area contributed by atoms with Crippen molar-refractivity contribution in [2.24, 2.45) is 0 Å². The zero-order chi connectivity index (χ0) is 21.0. The number of hydrogen-bond donors (Lipinski definition) is 1. The number of carbonyl (C=O) groups is 2. The van der Waals surface area contributed by atoms with Gasteiger partial charge in [0.25, 0.3) is 5.91 Å². The number of pyridine rings is 1. The van der Waals surface area contributed by atoms with Gasteiger partial charge in [-0.2, -0.15) is 0 Å². The van der Waals surface area contributed by atoms with E-state index >= 15 is 0 Å². The van der Waals surface area contributed by atoms with Crippen LogP contribution >= 0.6 is 0 Å². The number of nitrogens with one attached hydrogen (secondary N) is 1. The molecule has 2 saturated heterocycles. The highest BCUT2D eigenvalue weighted by Gasteiger charge is 2.27. The number of amides is 2. The monoisotopic (exact) mass is 406 g/mol. The second-order valence-corrected chi connectivity index (χ2v) is 8.23. The normalized spacial score (nSPS) is 19.8. The Morgan fingerprint density at radius 2 is 1.97 bits per heavy atom. The molecule has 3 heterocycles. The number of methoxy groups -OCH3 is 1. The van der Waals surface area contributed by atoms with Crippen LogP contribution in [0.4, 0.5) is 10.5 Å². The first kappa shape index (κ1) is 21.2. The van der Waals surface area contributed by atoms with Gasteiger partial charge in [0, 0.05) is 38.9 Å². The number of anilines is 1. The van der Waals surface area contributed by atoms with Crippen LogP contribution in [-0.4, -0.2) is 80.0 Å². The predicted molar refractivity (Wildman–Crippen MR) is 107 cm³/mol. The lowest BCUT2D eigenvalue weighted by Gasteiger charge is -2.37. The summed E-state index contributed by atoms with van der Waals surface area (Å²) in [7, 11) is 1.57. The van der Waals surface area contributed by atoms with Crippen molar-refractivity contribution in [2.45, 2.75) is 38.8 Å². The Morgan fingerprint density at radius 3 is 2.55 bits per heavy atom. The summed E-state index contributed by atoms with van der Waals surface area (Å²) in [6.45, 7) is 9.10. The Labute approximate surface area is 171 Å². The first-order valence-corrected chi connectivity index (χ1v) is 9.92. The molecular weight excluding hydrogens is 376 g/mol. The van der Waals surface area contributed by atoms with Crippen LogP contribution in [0.5, 0.6) is 5.75 Å². The largest absolute Gasteiger partial charge is 0.494 e. The van der Waals surface area contributed by atoms with Gasteiger partial charge in [0.15, 0.2) is 0 Å². The summed E-state index contributed by atoms with van der Waals surface area (Å²) in [6.07, 6.45) is 2.16. The SMILES string of the molecule is COc1cc(C(=O)N[C@@H]2CCOC2)ncc1N1CCN(C(=O)OC(C)(C)C)CC1. The predicted octanol–water partition coefficient (Wildman–Crippen LogP) is 1.67. The molecule has 1 atom stereocenters. The molecule has 3 rings (SSSR count). The van der Waals surface area contributed by atoms with Gasteiger partial charge in [-0.3, -0.25) is 4.79 Å². The number of aromatic nitrogens is 1. The molecule has 1 aromatic rings. The lowest BCUT2D eigenvalue weighted by atomic mass is 10.2. The van der Waals surface area contributed by atoms with E-state index in [-0.39, 0.29) is 18.0 Å². The minimum absolute atomic E-state index is 0.0240. The van der Waals surface area contributed by atoms with E-state index < -0.39 is 5.60 Å². The minimum atomic E-state index is -0.512. The number of nitrogens with zero attached hydrogens (tertiary/aromatic N) is 3. The van der Waals surface area contributed by atoms with Gasteiger partial charge >= 0.3 is 6.09 Å². The van der Waals surface area contributed by atoms with E-state index in [4.69, 9.17) is 14.2 Å². The number of ether oxygens (including phenoxy) is 3. The van der Waals surface area contributed by atoms with Crippen LogP contribution < -0.4 is 15.0 Å². The highest BCUT2D eigenvalue weighted by atomic mass is 16.6. The van der Waals surface area contributed by atoms with Crippen LogP contribution in [0.2, 0.25) is 0 Å². The van der Waals surface area contributed by atoms with E-state index in [1.54, 1.807) is 24.3 Å². The molecule has 1 aromatic heterocycles. The van der Waals surface area contributed by atoms with Crippen molar-refractivity contribution in [1.82, 2.24) is 15.2 Å². The fourth-order valence-corrected chi connectivity index (χ4v) is 3.32. The van der Waals surface area contributed by atoms with E-state index in [0.717, 1.165) is 12.1 Å². The number of rotatable bonds is 4. The number of carbonyl (C=O) groups excluding carboxylic acids is 2. The van der Waals surface area contributed by atoms with Crippen molar-refractivity contribution in [2.75, 3.05) is 51.4 Å². The molecule has 160 valence electrons. The second kappa shape index (κ2) is 8.86. The van der Waals surface area contributed by atoms with Crippen molar-refractivity contribution in [3.63, 3.8) is 0 Å². The molecule has 1 N–H and O–H groups in total. The third kappa shape index (κ3) is 5.50. The summed E-state index contributed by atoms with van der Waals surface area (Å²) in [5.74, 6) is 0.346. The summed E-state index contributed by atoms with van der Waals surface area (Å²) in [5.41, 5.74) is 0.601. The summed E-state index contributed by atoms with van der Waals surface area (Å²) in [6, 6.07) is 1.68. The fraction of sp³-hybridized carbons (Fsp3) is 0.650. The van der Waals surface area contributed by atoms with Gasteiger partial charge in [-0.05, 0) is 27.2 Å². The maximum atomic E-state index is 12.4. The van der Waals surface area contributed by atoms with Crippen molar-refractivity contribution in [3.05, 3.63) is 18.0 Å². The van der Waals surface area contributed by atoms with Gasteiger partial charge in [-0.15, -0.1) is 0 Å². The van der Waals surface area contributed by atoms with E-state index in [1.165, 1.54) is 0 Å². The van der Waals surface area contributed by atoms with Crippen LogP contribution in [0, 0.1) is 0 Å². The van der Waals surface area contributed by atoms with Crippen molar-refractivity contribution in [3.8, 4) is 5.75 Å². The lowest BCUT2D eigenvalue weighted by Crippen LogP contribution is -2.50. The Bertz CT molecular complexity index is 735. The van der Waals surface area contributed by atoms with E-state index in [2.05, 4.69) is 15.2 Å². The van der Waals surface area contributed by atoms with Crippen LogP contribution in [0.15, 0.2) is 12.3 Å². The zero-order valence-electron chi connectivity index (χ0n) is 17.6. The first-order chi connectivity index (χ1) is 13.8. The molecule has 0 aliphatic carbocycles. The molecule has 2 aliphatic heterocycles. The molecule has 29 heavy (non-hydrogen) atoms. The van der Waals surface area contributed by atoms with Gasteiger partial charge < -0.3 is 29.3 Å². The van der Waals surface area contributed by atoms with Crippen molar-refractivity contribution in [1.29, 1.82) is 0 Å². The highest BCUT2D eigenvalue weighted by molar-refractivity contribution is 5.93. The van der Waals surface area contributed by atoms with Gasteiger partial charge in [0.2, 0.25) is 0 Å². The minimum Gasteiger partial charge on any atom is -0.494 e. The molecule has 0 radical (unpaired) electrons. The first-order valence-electron chi connectivity index (χ1n) is 9.92. The Hall–Kier alpha value is -2.55. The summed E-state index contributed by atoms with van der Waals surface area (Å²) in [4.78, 5) is 32.8. The summed E-state index contributed by atoms with van der Waals surface area (Å²) in [5, 5.41) is 2.93. The van der Waals surface area contributed by atoms with E-state index in [0.29, 0.717) is 50.8 Å². The van der Waals surface area contributed by atoms with Crippen LogP contribution in [0.1, 0.15) is 37.7 Å². The average molecular weight is 406 g/mol. The Balaban J connectivity index is 1.62. The summed E-state index contributed by atoms with van der Waals surface area (Å²) >= 11 is 0. The van der Waals surface area contributed by atoms with Crippen LogP contribution in [0.3, 0.4) is 0 Å². The molecule has 2 fully saturated rings. The molecule has 0 aromatic carbocycles. The van der Waals surface area contributed by atoms with Gasteiger partial charge in [-0.1, -0.05) is 0 Å². The van der Waals surface area contributed by atoms with Gasteiger partial charge in [-0.25, -0.2) is 9.78 Å². The quantitative estimate of drug-likeness (QED) is 0.813. The average Bonchev–Trinajstić information content (AvgIpc) is 3.19. The van der Waals surface area contributed by atoms with Crippen LogP contribution in [-0.2, 0) is 9.47 Å². The zero-order valence-corrected chi connectivity index (χ0v) is 17.6. The van der Waals surface area contributed by atoms with Crippen molar-refractivity contribution < 1.29 is 23.8 Å². The topological polar surface area (TPSA) is 93.2 Å². The van der Waals surface area contributed by atoms with Crippen molar-refractivity contribution >= 4 is 17.7 Å². The molecule has 2 amide bonds. The second-order valence-electron chi connectivity index (χ2n) is 8.23. The van der Waals surface area contributed by atoms with Gasteiger partial charge in [0.1, 0.15) is 17.0 Å². The molecule has 9 nitrogen and oxygen atoms in total. The van der Waals surface area contributed by atoms with Crippen LogP contribution in [0.25, 0.3) is 0 Å². The maximum absolute atomic E-state index is 12.4. The highest BCUT2D eigenvalue weighted by Crippen LogP contribution is 2.29. The van der Waals surface area contributed by atoms with E-state index in [1.807, 2.05) is 20.8 Å². The molecule has 2 aliphatic rings. The smallest absolute Gasteiger partial charge is 0.410 e. The standard InChI is InChI=1S/C20H30N4O5/c1-20(2,3)29-19(26)24-8-6-23(7-9-24)16-12-21-15(11-17(16)27-4)18(25)22-14-5-10-28-13-14/h11-12,14H,5-10,13H2,1-4H3,(H,22,25)/t14-/m1/s1. The lowest BCUT2D eigenvalue weighted by molar-refractivity contribution is 0.0240. The third-order valence-electron chi connectivity index (χ3n) is 4.84. The molecule has 0 spiro atoms. The van der Waals surface area contributed by atoms with E-state index in [9.17, 15) is 9.59 Å². The molecule has 0 bridgehead atoms. The molecule has 0 unspecified atom stereocenters. The Kier molecular flexibility index (Phi) is 6.46. The third-order valence-corrected chi connectivity index (χ3v) is 4.84. The number of piperazine rings is 1.